The number of benzene rings is 1. The van der Waals surface area contributed by atoms with Gasteiger partial charge in [-0.15, -0.1) is 5.11 Å². The summed E-state index contributed by atoms with van der Waals surface area (Å²) >= 11 is 0. The fourth-order valence-electron chi connectivity index (χ4n) is 1.95. The van der Waals surface area contributed by atoms with Crippen molar-refractivity contribution < 1.29 is 0 Å². The highest BCUT2D eigenvalue weighted by molar-refractivity contribution is 5.16. The van der Waals surface area contributed by atoms with Crippen molar-refractivity contribution in [1.82, 2.24) is 16.3 Å². The minimum atomic E-state index is -0.0161. The molecule has 17 heavy (non-hydrogen) atoms. The van der Waals surface area contributed by atoms with Gasteiger partial charge < -0.3 is 5.32 Å². The van der Waals surface area contributed by atoms with Gasteiger partial charge in [-0.1, -0.05) is 49.4 Å². The van der Waals surface area contributed by atoms with Gasteiger partial charge in [-0.2, -0.15) is 5.43 Å². The first-order chi connectivity index (χ1) is 8.25. The highest BCUT2D eigenvalue weighted by Crippen LogP contribution is 2.09. The zero-order valence-corrected chi connectivity index (χ0v) is 10.2. The minimum Gasteiger partial charge on any atom is -0.308 e. The second kappa shape index (κ2) is 5.75. The van der Waals surface area contributed by atoms with Crippen LogP contribution in [0.25, 0.3) is 0 Å². The molecule has 0 spiro atoms. The van der Waals surface area contributed by atoms with E-state index in [0.29, 0.717) is 6.04 Å². The third-order valence-electron chi connectivity index (χ3n) is 2.67. The molecule has 0 aromatic heterocycles. The van der Waals surface area contributed by atoms with Crippen molar-refractivity contribution in [1.29, 1.82) is 0 Å². The molecule has 3 N–H and O–H groups in total. The predicted octanol–water partition coefficient (Wildman–Crippen LogP) is 1.40. The normalized spacial score (nSPS) is 20.5. The summed E-state index contributed by atoms with van der Waals surface area (Å²) in [7, 11) is 0. The van der Waals surface area contributed by atoms with Gasteiger partial charge in [0, 0.05) is 6.04 Å². The number of hydrazine groups is 1. The number of hydrogen-bond acceptors (Lipinski definition) is 5. The molecule has 0 fully saturated rings. The number of hydrogen-bond donors (Lipinski definition) is 3. The maximum Gasteiger partial charge on any atom is 0.156 e. The van der Waals surface area contributed by atoms with Gasteiger partial charge in [-0.05, 0) is 12.0 Å². The van der Waals surface area contributed by atoms with Crippen LogP contribution in [0.1, 0.15) is 19.4 Å². The van der Waals surface area contributed by atoms with Crippen LogP contribution in [0, 0.1) is 0 Å². The molecule has 0 aliphatic carbocycles. The maximum absolute atomic E-state index is 4.13. The van der Waals surface area contributed by atoms with Crippen molar-refractivity contribution in [2.24, 2.45) is 10.3 Å². The van der Waals surface area contributed by atoms with Crippen molar-refractivity contribution >= 4 is 0 Å². The summed E-state index contributed by atoms with van der Waals surface area (Å²) in [6.45, 7) is 4.27. The Kier molecular flexibility index (Phi) is 4.06. The van der Waals surface area contributed by atoms with Crippen LogP contribution in [-0.2, 0) is 6.42 Å². The second-order valence-corrected chi connectivity index (χ2v) is 4.53. The molecule has 0 radical (unpaired) electrons. The monoisotopic (exact) mass is 233 g/mol. The summed E-state index contributed by atoms with van der Waals surface area (Å²) < 4.78 is 0. The summed E-state index contributed by atoms with van der Waals surface area (Å²) in [5.41, 5.74) is 7.02. The molecule has 5 heteroatoms. The molecule has 0 bridgehead atoms. The lowest BCUT2D eigenvalue weighted by atomic mass is 10.0. The number of nitrogens with one attached hydrogen (secondary N) is 3. The molecule has 1 aliphatic heterocycles. The van der Waals surface area contributed by atoms with E-state index in [1.807, 2.05) is 6.07 Å². The van der Waals surface area contributed by atoms with Crippen LogP contribution in [0.5, 0.6) is 0 Å². The van der Waals surface area contributed by atoms with E-state index in [4.69, 9.17) is 0 Å². The van der Waals surface area contributed by atoms with E-state index in [2.05, 4.69) is 64.7 Å². The lowest BCUT2D eigenvalue weighted by Gasteiger charge is -2.24. The van der Waals surface area contributed by atoms with Crippen molar-refractivity contribution in [3.63, 3.8) is 0 Å². The Balaban J connectivity index is 2.02. The van der Waals surface area contributed by atoms with Crippen LogP contribution in [0.3, 0.4) is 0 Å². The van der Waals surface area contributed by atoms with Crippen LogP contribution in [0.4, 0.5) is 0 Å². The third-order valence-corrected chi connectivity index (χ3v) is 2.67. The largest absolute Gasteiger partial charge is 0.308 e. The Labute approximate surface area is 102 Å². The Morgan fingerprint density at radius 1 is 1.29 bits per heavy atom. The summed E-state index contributed by atoms with van der Waals surface area (Å²) in [5.74, 6) is 0. The van der Waals surface area contributed by atoms with Crippen LogP contribution in [0.2, 0.25) is 0 Å². The van der Waals surface area contributed by atoms with Gasteiger partial charge in [0.05, 0.1) is 6.04 Å². The SMILES string of the molecule is CC(C)NC(Cc1ccccc1)C1N=NNN1. The van der Waals surface area contributed by atoms with Crippen LogP contribution >= 0.6 is 0 Å². The fourth-order valence-corrected chi connectivity index (χ4v) is 1.95. The Hall–Kier alpha value is -1.46. The van der Waals surface area contributed by atoms with Gasteiger partial charge >= 0.3 is 0 Å². The molecule has 0 saturated carbocycles. The summed E-state index contributed by atoms with van der Waals surface area (Å²) in [6.07, 6.45) is 0.912. The van der Waals surface area contributed by atoms with E-state index in [0.717, 1.165) is 6.42 Å². The summed E-state index contributed by atoms with van der Waals surface area (Å²) in [6, 6.07) is 11.1. The topological polar surface area (TPSA) is 60.8 Å². The first-order valence-electron chi connectivity index (χ1n) is 5.96. The first kappa shape index (κ1) is 12.0. The molecule has 0 amide bonds. The molecular weight excluding hydrogens is 214 g/mol. The van der Waals surface area contributed by atoms with Crippen molar-refractivity contribution in [3.8, 4) is 0 Å². The third kappa shape index (κ3) is 3.51. The van der Waals surface area contributed by atoms with Gasteiger partial charge in [0.15, 0.2) is 6.17 Å². The lowest BCUT2D eigenvalue weighted by molar-refractivity contribution is 0.358. The van der Waals surface area contributed by atoms with Gasteiger partial charge in [0.25, 0.3) is 0 Å². The van der Waals surface area contributed by atoms with Crippen molar-refractivity contribution in [3.05, 3.63) is 35.9 Å². The highest BCUT2D eigenvalue weighted by atomic mass is 15.7. The average molecular weight is 233 g/mol. The zero-order valence-electron chi connectivity index (χ0n) is 10.2. The quantitative estimate of drug-likeness (QED) is 0.720. The molecule has 1 aliphatic rings. The maximum atomic E-state index is 4.13. The predicted molar refractivity (Wildman–Crippen MR) is 67.1 cm³/mol. The smallest absolute Gasteiger partial charge is 0.156 e. The number of nitrogens with zero attached hydrogens (tertiary/aromatic N) is 2. The Morgan fingerprint density at radius 3 is 2.65 bits per heavy atom. The molecular formula is C12H19N5. The Bertz CT molecular complexity index is 362. The van der Waals surface area contributed by atoms with Gasteiger partial charge in [-0.3, -0.25) is 0 Å². The average Bonchev–Trinajstić information content (AvgIpc) is 2.82. The molecule has 1 aromatic carbocycles. The van der Waals surface area contributed by atoms with Gasteiger partial charge in [0.1, 0.15) is 0 Å². The summed E-state index contributed by atoms with van der Waals surface area (Å²) in [4.78, 5) is 0. The second-order valence-electron chi connectivity index (χ2n) is 4.53. The molecule has 5 nitrogen and oxygen atoms in total. The van der Waals surface area contributed by atoms with E-state index in [9.17, 15) is 0 Å². The van der Waals surface area contributed by atoms with E-state index in [1.54, 1.807) is 0 Å². The van der Waals surface area contributed by atoms with E-state index < -0.39 is 0 Å². The number of rotatable bonds is 5. The molecule has 2 unspecified atom stereocenters. The van der Waals surface area contributed by atoms with Crippen LogP contribution in [0.15, 0.2) is 40.7 Å². The lowest BCUT2D eigenvalue weighted by Crippen LogP contribution is -2.50. The molecule has 2 atom stereocenters. The molecule has 92 valence electrons. The van der Waals surface area contributed by atoms with Crippen molar-refractivity contribution in [2.75, 3.05) is 0 Å². The zero-order chi connectivity index (χ0) is 12.1. The first-order valence-corrected chi connectivity index (χ1v) is 5.96. The van der Waals surface area contributed by atoms with Gasteiger partial charge in [0.2, 0.25) is 0 Å². The Morgan fingerprint density at radius 2 is 2.06 bits per heavy atom. The van der Waals surface area contributed by atoms with E-state index in [1.165, 1.54) is 5.56 Å². The highest BCUT2D eigenvalue weighted by Gasteiger charge is 2.24. The summed E-state index contributed by atoms with van der Waals surface area (Å²) in [5, 5.41) is 11.4. The van der Waals surface area contributed by atoms with Gasteiger partial charge in [-0.25, -0.2) is 5.53 Å². The van der Waals surface area contributed by atoms with E-state index in [-0.39, 0.29) is 12.2 Å². The standard InChI is InChI=1S/C12H19N5/c1-9(2)13-11(12-14-16-17-15-12)8-10-6-4-3-5-7-10/h3-7,9,11-13H,8H2,1-2H3,(H,14,17)(H,15,16). The van der Waals surface area contributed by atoms with E-state index >= 15 is 0 Å². The molecule has 0 saturated heterocycles. The van der Waals surface area contributed by atoms with Crippen molar-refractivity contribution in [2.45, 2.75) is 38.5 Å². The van der Waals surface area contributed by atoms with Crippen LogP contribution < -0.4 is 16.3 Å². The molecule has 1 aromatic rings. The molecule has 2 rings (SSSR count). The minimum absolute atomic E-state index is 0.0161. The fraction of sp³-hybridized carbons (Fsp3) is 0.500. The molecule has 1 heterocycles. The van der Waals surface area contributed by atoms with Crippen LogP contribution in [-0.4, -0.2) is 18.2 Å².